The van der Waals surface area contributed by atoms with Crippen molar-refractivity contribution in [1.82, 2.24) is 0 Å². The summed E-state index contributed by atoms with van der Waals surface area (Å²) in [4.78, 5) is 22.2. The van der Waals surface area contributed by atoms with Gasteiger partial charge in [-0.15, -0.1) is 0 Å². The van der Waals surface area contributed by atoms with E-state index in [0.29, 0.717) is 6.61 Å². The zero-order valence-corrected chi connectivity index (χ0v) is 10.0. The maximum Gasteiger partial charge on any atom is 0.319 e. The van der Waals surface area contributed by atoms with Crippen molar-refractivity contribution in [3.8, 4) is 0 Å². The van der Waals surface area contributed by atoms with Crippen LogP contribution in [0.1, 0.15) is 13.8 Å². The lowest BCUT2D eigenvalue weighted by atomic mass is 10.1. The minimum atomic E-state index is -0.481. The normalized spacial score (nSPS) is 14.5. The highest BCUT2D eigenvalue weighted by atomic mass is 127. The highest BCUT2D eigenvalue weighted by molar-refractivity contribution is 14.1. The number of rotatable bonds is 4. The van der Waals surface area contributed by atoms with Gasteiger partial charge in [-0.3, -0.25) is 9.59 Å². The Labute approximate surface area is 91.1 Å². The zero-order valence-electron chi connectivity index (χ0n) is 7.87. The number of alkyl halides is 1. The van der Waals surface area contributed by atoms with Crippen LogP contribution in [0.25, 0.3) is 0 Å². The summed E-state index contributed by atoms with van der Waals surface area (Å²) in [6, 6.07) is 0. The molecule has 0 rings (SSSR count). The first-order valence-electron chi connectivity index (χ1n) is 3.93. The molecule has 13 heavy (non-hydrogen) atoms. The Morgan fingerprint density at radius 3 is 2.31 bits per heavy atom. The van der Waals surface area contributed by atoms with Gasteiger partial charge in [0.2, 0.25) is 0 Å². The molecular weight excluding hydrogens is 287 g/mol. The van der Waals surface area contributed by atoms with Crippen LogP contribution in [0, 0.1) is 5.92 Å². The summed E-state index contributed by atoms with van der Waals surface area (Å²) >= 11 is 1.88. The fourth-order valence-corrected chi connectivity index (χ4v) is 1.20. The van der Waals surface area contributed by atoms with Gasteiger partial charge in [0.05, 0.1) is 19.6 Å². The van der Waals surface area contributed by atoms with E-state index in [-0.39, 0.29) is 5.97 Å². The average Bonchev–Trinajstić information content (AvgIpc) is 2.14. The number of halogens is 1. The largest absolute Gasteiger partial charge is 0.469 e. The Kier molecular flexibility index (Phi) is 6.02. The van der Waals surface area contributed by atoms with Crippen molar-refractivity contribution < 1.29 is 19.1 Å². The lowest BCUT2D eigenvalue weighted by molar-refractivity contribution is -0.151. The molecule has 0 amide bonds. The number of hydrogen-bond donors (Lipinski definition) is 0. The standard InChI is InChI=1S/C8H13IO4/c1-4-13-8(11)6(9)5(2)7(10)12-3/h5-6H,4H2,1-3H3/t5-,6+/m0/s1. The Hall–Kier alpha value is -0.330. The molecule has 0 spiro atoms. The predicted molar refractivity (Wildman–Crippen MR) is 55.6 cm³/mol. The first kappa shape index (κ1) is 12.7. The van der Waals surface area contributed by atoms with Gasteiger partial charge in [-0.05, 0) is 6.92 Å². The molecule has 5 heteroatoms. The first-order chi connectivity index (χ1) is 6.04. The van der Waals surface area contributed by atoms with E-state index in [2.05, 4.69) is 4.74 Å². The maximum absolute atomic E-state index is 11.2. The summed E-state index contributed by atoms with van der Waals surface area (Å²) in [5, 5.41) is 0. The van der Waals surface area contributed by atoms with Crippen molar-refractivity contribution in [2.75, 3.05) is 13.7 Å². The number of hydrogen-bond acceptors (Lipinski definition) is 4. The minimum absolute atomic E-state index is 0.326. The molecule has 0 aromatic rings. The minimum Gasteiger partial charge on any atom is -0.469 e. The van der Waals surface area contributed by atoms with Gasteiger partial charge in [0, 0.05) is 0 Å². The molecule has 0 fully saturated rings. The van der Waals surface area contributed by atoms with E-state index in [1.165, 1.54) is 7.11 Å². The van der Waals surface area contributed by atoms with E-state index >= 15 is 0 Å². The third-order valence-corrected chi connectivity index (χ3v) is 3.11. The number of ether oxygens (including phenoxy) is 2. The highest BCUT2D eigenvalue weighted by Crippen LogP contribution is 2.16. The highest BCUT2D eigenvalue weighted by Gasteiger charge is 2.29. The second-order valence-electron chi connectivity index (χ2n) is 2.47. The van der Waals surface area contributed by atoms with Crippen molar-refractivity contribution in [2.24, 2.45) is 5.92 Å². The van der Waals surface area contributed by atoms with Crippen LogP contribution in [0.2, 0.25) is 0 Å². The van der Waals surface area contributed by atoms with Gasteiger partial charge in [0.25, 0.3) is 0 Å². The predicted octanol–water partition coefficient (Wildman–Crippen LogP) is 1.16. The van der Waals surface area contributed by atoms with E-state index in [1.54, 1.807) is 13.8 Å². The second kappa shape index (κ2) is 6.17. The molecule has 0 aliphatic heterocycles. The summed E-state index contributed by atoms with van der Waals surface area (Å²) in [6.45, 7) is 3.69. The van der Waals surface area contributed by atoms with E-state index < -0.39 is 15.8 Å². The first-order valence-corrected chi connectivity index (χ1v) is 5.17. The van der Waals surface area contributed by atoms with Crippen LogP contribution in [0.4, 0.5) is 0 Å². The van der Waals surface area contributed by atoms with E-state index in [9.17, 15) is 9.59 Å². The Balaban J connectivity index is 4.16. The lowest BCUT2D eigenvalue weighted by Crippen LogP contribution is -2.30. The van der Waals surface area contributed by atoms with Crippen LogP contribution in [0.3, 0.4) is 0 Å². The van der Waals surface area contributed by atoms with Crippen molar-refractivity contribution in [3.63, 3.8) is 0 Å². The van der Waals surface area contributed by atoms with Crippen LogP contribution in [-0.2, 0) is 19.1 Å². The van der Waals surface area contributed by atoms with E-state index in [0.717, 1.165) is 0 Å². The number of carbonyl (C=O) groups excluding carboxylic acids is 2. The fourth-order valence-electron chi connectivity index (χ4n) is 0.731. The zero-order chi connectivity index (χ0) is 10.4. The third kappa shape index (κ3) is 3.93. The number of carbonyl (C=O) groups is 2. The van der Waals surface area contributed by atoms with Crippen molar-refractivity contribution in [3.05, 3.63) is 0 Å². The topological polar surface area (TPSA) is 52.6 Å². The number of methoxy groups -OCH3 is 1. The van der Waals surface area contributed by atoms with Gasteiger partial charge < -0.3 is 9.47 Å². The summed E-state index contributed by atoms with van der Waals surface area (Å²) in [7, 11) is 1.30. The Bertz CT molecular complexity index is 193. The van der Waals surface area contributed by atoms with Gasteiger partial charge in [0.15, 0.2) is 0 Å². The lowest BCUT2D eigenvalue weighted by Gasteiger charge is -2.14. The molecule has 76 valence electrons. The average molecular weight is 300 g/mol. The molecule has 0 heterocycles. The molecule has 0 aromatic carbocycles. The smallest absolute Gasteiger partial charge is 0.319 e. The molecule has 0 unspecified atom stereocenters. The van der Waals surface area contributed by atoms with Crippen LogP contribution in [0.15, 0.2) is 0 Å². The van der Waals surface area contributed by atoms with Crippen molar-refractivity contribution >= 4 is 34.5 Å². The molecular formula is C8H13IO4. The molecule has 0 saturated heterocycles. The van der Waals surface area contributed by atoms with Gasteiger partial charge in [-0.25, -0.2) is 0 Å². The molecule has 0 aliphatic rings. The molecule has 0 aliphatic carbocycles. The van der Waals surface area contributed by atoms with Gasteiger partial charge >= 0.3 is 11.9 Å². The Morgan fingerprint density at radius 1 is 1.38 bits per heavy atom. The van der Waals surface area contributed by atoms with E-state index in [1.807, 2.05) is 22.6 Å². The molecule has 4 nitrogen and oxygen atoms in total. The van der Waals surface area contributed by atoms with Crippen LogP contribution < -0.4 is 0 Å². The molecule has 2 atom stereocenters. The second-order valence-corrected chi connectivity index (χ2v) is 3.81. The molecule has 0 saturated carbocycles. The fraction of sp³-hybridized carbons (Fsp3) is 0.750. The molecule has 0 aromatic heterocycles. The summed E-state index contributed by atoms with van der Waals surface area (Å²) < 4.78 is 8.79. The molecule has 0 N–H and O–H groups in total. The van der Waals surface area contributed by atoms with Gasteiger partial charge in [-0.1, -0.05) is 29.5 Å². The molecule has 0 radical (unpaired) electrons. The van der Waals surface area contributed by atoms with Crippen LogP contribution in [-0.4, -0.2) is 29.6 Å². The van der Waals surface area contributed by atoms with Crippen molar-refractivity contribution in [1.29, 1.82) is 0 Å². The SMILES string of the molecule is CCOC(=O)[C@H](I)[C@H](C)C(=O)OC. The van der Waals surface area contributed by atoms with Crippen LogP contribution >= 0.6 is 22.6 Å². The maximum atomic E-state index is 11.2. The van der Waals surface area contributed by atoms with Gasteiger partial charge in [-0.2, -0.15) is 0 Å². The molecule has 0 bridgehead atoms. The van der Waals surface area contributed by atoms with Crippen molar-refractivity contribution in [2.45, 2.75) is 17.8 Å². The Morgan fingerprint density at radius 2 is 1.92 bits per heavy atom. The summed E-state index contributed by atoms with van der Waals surface area (Å²) in [5.74, 6) is -1.24. The van der Waals surface area contributed by atoms with E-state index in [4.69, 9.17) is 4.74 Å². The van der Waals surface area contributed by atoms with Gasteiger partial charge in [0.1, 0.15) is 3.92 Å². The number of esters is 2. The van der Waals surface area contributed by atoms with Crippen LogP contribution in [0.5, 0.6) is 0 Å². The third-order valence-electron chi connectivity index (χ3n) is 1.52. The monoisotopic (exact) mass is 300 g/mol. The summed E-state index contributed by atoms with van der Waals surface area (Å²) in [5.41, 5.74) is 0. The quantitative estimate of drug-likeness (QED) is 0.444. The summed E-state index contributed by atoms with van der Waals surface area (Å²) in [6.07, 6.45) is 0.